The first-order valence-corrected chi connectivity index (χ1v) is 6.02. The SMILES string of the molecule is CC[C@@H]1CNCCN1c1cc(Cl)ccc1F.Cl. The number of piperazine rings is 1. The van der Waals surface area contributed by atoms with Crippen molar-refractivity contribution in [3.05, 3.63) is 29.0 Å². The maximum atomic E-state index is 13.7. The first-order chi connectivity index (χ1) is 7.72. The van der Waals surface area contributed by atoms with Crippen molar-refractivity contribution in [1.29, 1.82) is 0 Å². The van der Waals surface area contributed by atoms with Crippen LogP contribution in [0.4, 0.5) is 10.1 Å². The van der Waals surface area contributed by atoms with Gasteiger partial charge in [-0.25, -0.2) is 4.39 Å². The van der Waals surface area contributed by atoms with E-state index in [1.807, 2.05) is 0 Å². The van der Waals surface area contributed by atoms with Gasteiger partial charge in [0.1, 0.15) is 5.82 Å². The van der Waals surface area contributed by atoms with E-state index in [-0.39, 0.29) is 18.2 Å². The molecule has 0 saturated carbocycles. The van der Waals surface area contributed by atoms with Gasteiger partial charge < -0.3 is 10.2 Å². The molecule has 1 aliphatic heterocycles. The van der Waals surface area contributed by atoms with Gasteiger partial charge in [-0.05, 0) is 24.6 Å². The number of hydrogen-bond acceptors (Lipinski definition) is 2. The molecule has 5 heteroatoms. The largest absolute Gasteiger partial charge is 0.364 e. The van der Waals surface area contributed by atoms with Crippen molar-refractivity contribution < 1.29 is 4.39 Å². The molecule has 1 aliphatic rings. The smallest absolute Gasteiger partial charge is 0.146 e. The van der Waals surface area contributed by atoms with E-state index < -0.39 is 0 Å². The van der Waals surface area contributed by atoms with Crippen LogP contribution >= 0.6 is 24.0 Å². The maximum absolute atomic E-state index is 13.7. The summed E-state index contributed by atoms with van der Waals surface area (Å²) in [6.45, 7) is 4.74. The van der Waals surface area contributed by atoms with E-state index in [1.165, 1.54) is 6.07 Å². The molecule has 1 N–H and O–H groups in total. The molecule has 0 aliphatic carbocycles. The Morgan fingerprint density at radius 2 is 2.29 bits per heavy atom. The van der Waals surface area contributed by atoms with Crippen molar-refractivity contribution in [2.24, 2.45) is 0 Å². The summed E-state index contributed by atoms with van der Waals surface area (Å²) in [4.78, 5) is 2.11. The zero-order chi connectivity index (χ0) is 11.5. The molecule has 0 bridgehead atoms. The number of anilines is 1. The molecule has 1 atom stereocenters. The summed E-state index contributed by atoms with van der Waals surface area (Å²) in [5.74, 6) is -0.190. The molecule has 1 aromatic rings. The molecule has 1 heterocycles. The van der Waals surface area contributed by atoms with Gasteiger partial charge in [-0.3, -0.25) is 0 Å². The maximum Gasteiger partial charge on any atom is 0.146 e. The van der Waals surface area contributed by atoms with Gasteiger partial charge in [-0.15, -0.1) is 12.4 Å². The van der Waals surface area contributed by atoms with Crippen molar-refractivity contribution in [1.82, 2.24) is 5.32 Å². The number of hydrogen-bond donors (Lipinski definition) is 1. The monoisotopic (exact) mass is 278 g/mol. The quantitative estimate of drug-likeness (QED) is 0.895. The van der Waals surface area contributed by atoms with Crippen LogP contribution in [-0.2, 0) is 0 Å². The molecular weight excluding hydrogens is 262 g/mol. The third-order valence-electron chi connectivity index (χ3n) is 3.04. The van der Waals surface area contributed by atoms with Crippen molar-refractivity contribution in [3.8, 4) is 0 Å². The molecule has 1 saturated heterocycles. The summed E-state index contributed by atoms with van der Waals surface area (Å²) in [6, 6.07) is 5.09. The molecule has 17 heavy (non-hydrogen) atoms. The molecule has 96 valence electrons. The molecule has 0 amide bonds. The summed E-state index contributed by atoms with van der Waals surface area (Å²) in [6.07, 6.45) is 0.999. The summed E-state index contributed by atoms with van der Waals surface area (Å²) >= 11 is 5.92. The fourth-order valence-electron chi connectivity index (χ4n) is 2.15. The molecular formula is C12H17Cl2FN2. The van der Waals surface area contributed by atoms with Crippen LogP contribution in [0.5, 0.6) is 0 Å². The lowest BCUT2D eigenvalue weighted by Gasteiger charge is -2.37. The molecule has 0 unspecified atom stereocenters. The Bertz CT molecular complexity index is 374. The number of halogens is 3. The van der Waals surface area contributed by atoms with Crippen LogP contribution in [0.3, 0.4) is 0 Å². The Hall–Kier alpha value is -0.510. The highest BCUT2D eigenvalue weighted by atomic mass is 35.5. The van der Waals surface area contributed by atoms with E-state index in [0.717, 1.165) is 26.1 Å². The van der Waals surface area contributed by atoms with Crippen molar-refractivity contribution in [2.45, 2.75) is 19.4 Å². The van der Waals surface area contributed by atoms with Crippen LogP contribution < -0.4 is 10.2 Å². The predicted octanol–water partition coefficient (Wildman–Crippen LogP) is 3.09. The van der Waals surface area contributed by atoms with Gasteiger partial charge in [0.25, 0.3) is 0 Å². The summed E-state index contributed by atoms with van der Waals surface area (Å²) in [5.41, 5.74) is 0.626. The van der Waals surface area contributed by atoms with Crippen molar-refractivity contribution in [2.75, 3.05) is 24.5 Å². The highest BCUT2D eigenvalue weighted by molar-refractivity contribution is 6.30. The van der Waals surface area contributed by atoms with Gasteiger partial charge in [0.15, 0.2) is 0 Å². The molecule has 1 aromatic carbocycles. The van der Waals surface area contributed by atoms with Crippen molar-refractivity contribution >= 4 is 29.7 Å². The molecule has 2 nitrogen and oxygen atoms in total. The Labute approximate surface area is 113 Å². The Morgan fingerprint density at radius 1 is 1.53 bits per heavy atom. The normalized spacial score (nSPS) is 19.9. The van der Waals surface area contributed by atoms with Crippen LogP contribution in [0.25, 0.3) is 0 Å². The predicted molar refractivity (Wildman–Crippen MR) is 73.0 cm³/mol. The van der Waals surface area contributed by atoms with Crippen molar-refractivity contribution in [3.63, 3.8) is 0 Å². The Balaban J connectivity index is 0.00000144. The lowest BCUT2D eigenvalue weighted by molar-refractivity contribution is 0.459. The third-order valence-corrected chi connectivity index (χ3v) is 3.27. The van der Waals surface area contributed by atoms with E-state index in [1.54, 1.807) is 12.1 Å². The summed E-state index contributed by atoms with van der Waals surface area (Å²) in [5, 5.41) is 3.91. The third kappa shape index (κ3) is 3.24. The van der Waals surface area contributed by atoms with E-state index in [2.05, 4.69) is 17.1 Å². The molecule has 2 rings (SSSR count). The molecule has 0 aromatic heterocycles. The van der Waals surface area contributed by atoms with Crippen LogP contribution in [-0.4, -0.2) is 25.7 Å². The molecule has 1 fully saturated rings. The van der Waals surface area contributed by atoms with Gasteiger partial charge in [-0.1, -0.05) is 18.5 Å². The van der Waals surface area contributed by atoms with Crippen LogP contribution in [0.2, 0.25) is 5.02 Å². The van der Waals surface area contributed by atoms with Gasteiger partial charge in [0.2, 0.25) is 0 Å². The zero-order valence-electron chi connectivity index (χ0n) is 9.75. The van der Waals surface area contributed by atoms with Gasteiger partial charge in [-0.2, -0.15) is 0 Å². The van der Waals surface area contributed by atoms with Gasteiger partial charge in [0.05, 0.1) is 5.69 Å². The average Bonchev–Trinajstić information content (AvgIpc) is 2.32. The average molecular weight is 279 g/mol. The van der Waals surface area contributed by atoms with Gasteiger partial charge in [0, 0.05) is 30.7 Å². The van der Waals surface area contributed by atoms with Crippen LogP contribution in [0, 0.1) is 5.82 Å². The summed E-state index contributed by atoms with van der Waals surface area (Å²) in [7, 11) is 0. The second-order valence-corrected chi connectivity index (χ2v) is 4.49. The number of nitrogens with one attached hydrogen (secondary N) is 1. The second-order valence-electron chi connectivity index (χ2n) is 4.06. The summed E-state index contributed by atoms with van der Waals surface area (Å²) < 4.78 is 13.7. The number of benzene rings is 1. The van der Waals surface area contributed by atoms with E-state index >= 15 is 0 Å². The standard InChI is InChI=1S/C12H16ClFN2.ClH/c1-2-10-8-15-5-6-16(10)12-7-9(13)3-4-11(12)14;/h3-4,7,10,15H,2,5-6,8H2,1H3;1H/t10-;/m1./s1. The Morgan fingerprint density at radius 3 is 3.00 bits per heavy atom. The highest BCUT2D eigenvalue weighted by Gasteiger charge is 2.23. The van der Waals surface area contributed by atoms with E-state index in [4.69, 9.17) is 11.6 Å². The Kier molecular flexibility index (Phi) is 5.50. The second kappa shape index (κ2) is 6.43. The van der Waals surface area contributed by atoms with Crippen LogP contribution in [0.1, 0.15) is 13.3 Å². The lowest BCUT2D eigenvalue weighted by atomic mass is 10.1. The minimum Gasteiger partial charge on any atom is -0.364 e. The first kappa shape index (κ1) is 14.6. The minimum absolute atomic E-state index is 0. The van der Waals surface area contributed by atoms with Crippen LogP contribution in [0.15, 0.2) is 18.2 Å². The highest BCUT2D eigenvalue weighted by Crippen LogP contribution is 2.26. The molecule has 0 radical (unpaired) electrons. The minimum atomic E-state index is -0.190. The topological polar surface area (TPSA) is 15.3 Å². The fraction of sp³-hybridized carbons (Fsp3) is 0.500. The molecule has 0 spiro atoms. The zero-order valence-corrected chi connectivity index (χ0v) is 11.3. The van der Waals surface area contributed by atoms with E-state index in [0.29, 0.717) is 16.8 Å². The fourth-order valence-corrected chi connectivity index (χ4v) is 2.32. The van der Waals surface area contributed by atoms with E-state index in [9.17, 15) is 4.39 Å². The first-order valence-electron chi connectivity index (χ1n) is 5.64. The van der Waals surface area contributed by atoms with Gasteiger partial charge >= 0.3 is 0 Å². The number of rotatable bonds is 2. The lowest BCUT2D eigenvalue weighted by Crippen LogP contribution is -2.51. The number of nitrogens with zero attached hydrogens (tertiary/aromatic N) is 1.